The molecule has 0 fully saturated rings. The molecule has 0 saturated carbocycles. The summed E-state index contributed by atoms with van der Waals surface area (Å²) in [6, 6.07) is 4.01. The summed E-state index contributed by atoms with van der Waals surface area (Å²) in [5.74, 6) is 3.82. The molecular weight excluding hydrogens is 211 g/mol. The summed E-state index contributed by atoms with van der Waals surface area (Å²) in [7, 11) is 0. The fraction of sp³-hybridized carbons (Fsp3) is 0.364. The third-order valence-electron chi connectivity index (χ3n) is 2.09. The monoisotopic (exact) mass is 226 g/mol. The number of hydrogen-bond acceptors (Lipinski definition) is 4. The first kappa shape index (κ1) is 12.4. The number of halogens is 1. The lowest BCUT2D eigenvalue weighted by atomic mass is 10.2. The van der Waals surface area contributed by atoms with E-state index in [9.17, 15) is 9.18 Å². The average Bonchev–Trinajstić information content (AvgIpc) is 2.29. The van der Waals surface area contributed by atoms with Crippen LogP contribution in [0.25, 0.3) is 0 Å². The second-order valence-electron chi connectivity index (χ2n) is 3.33. The quantitative estimate of drug-likeness (QED) is 0.349. The zero-order valence-electron chi connectivity index (χ0n) is 9.13. The number of hydrogen-bond donors (Lipinski definition) is 2. The molecule has 1 aromatic carbocycles. The molecule has 0 bridgehead atoms. The number of unbranched alkanes of at least 4 members (excludes halogenated alkanes) is 1. The minimum atomic E-state index is -0.644. The van der Waals surface area contributed by atoms with Crippen molar-refractivity contribution in [2.45, 2.75) is 19.8 Å². The standard InChI is InChI=1S/C11H15FN2O2/c1-2-3-6-16-11(15)9-5-4-8(14-13)7-10(9)12/h4-5,7,14H,2-3,6,13H2,1H3. The Morgan fingerprint density at radius 2 is 2.31 bits per heavy atom. The van der Waals surface area contributed by atoms with Crippen molar-refractivity contribution in [3.8, 4) is 0 Å². The molecule has 0 saturated heterocycles. The second kappa shape index (κ2) is 6.07. The van der Waals surface area contributed by atoms with Crippen LogP contribution in [0.5, 0.6) is 0 Å². The lowest BCUT2D eigenvalue weighted by molar-refractivity contribution is 0.0494. The van der Waals surface area contributed by atoms with Crippen LogP contribution in [0, 0.1) is 5.82 Å². The molecule has 5 heteroatoms. The van der Waals surface area contributed by atoms with E-state index in [0.717, 1.165) is 18.9 Å². The van der Waals surface area contributed by atoms with Crippen molar-refractivity contribution in [3.63, 3.8) is 0 Å². The van der Waals surface area contributed by atoms with E-state index in [0.29, 0.717) is 12.3 Å². The Kier molecular flexibility index (Phi) is 4.72. The molecule has 0 radical (unpaired) electrons. The van der Waals surface area contributed by atoms with E-state index in [1.54, 1.807) is 0 Å². The zero-order chi connectivity index (χ0) is 12.0. The number of ether oxygens (including phenoxy) is 1. The van der Waals surface area contributed by atoms with Crippen molar-refractivity contribution in [1.82, 2.24) is 0 Å². The Balaban J connectivity index is 2.68. The van der Waals surface area contributed by atoms with E-state index in [4.69, 9.17) is 10.6 Å². The number of hydrazine groups is 1. The van der Waals surface area contributed by atoms with Crippen molar-refractivity contribution in [3.05, 3.63) is 29.6 Å². The molecule has 4 nitrogen and oxygen atoms in total. The molecule has 0 aliphatic rings. The SMILES string of the molecule is CCCCOC(=O)c1ccc(NN)cc1F. The van der Waals surface area contributed by atoms with Crippen LogP contribution < -0.4 is 11.3 Å². The predicted octanol–water partition coefficient (Wildman–Crippen LogP) is 2.07. The van der Waals surface area contributed by atoms with Gasteiger partial charge in [0.2, 0.25) is 0 Å². The van der Waals surface area contributed by atoms with E-state index in [1.165, 1.54) is 12.1 Å². The van der Waals surface area contributed by atoms with Crippen molar-refractivity contribution in [1.29, 1.82) is 0 Å². The number of rotatable bonds is 5. The normalized spacial score (nSPS) is 9.94. The molecule has 0 aromatic heterocycles. The van der Waals surface area contributed by atoms with Crippen molar-refractivity contribution >= 4 is 11.7 Å². The maximum Gasteiger partial charge on any atom is 0.341 e. The van der Waals surface area contributed by atoms with Crippen LogP contribution >= 0.6 is 0 Å². The molecule has 1 rings (SSSR count). The summed E-state index contributed by atoms with van der Waals surface area (Å²) in [5, 5.41) is 0. The van der Waals surface area contributed by atoms with Crippen LogP contribution in [0.3, 0.4) is 0 Å². The molecule has 0 unspecified atom stereocenters. The number of nitrogens with two attached hydrogens (primary N) is 1. The molecule has 0 aliphatic heterocycles. The number of nitrogen functional groups attached to an aromatic ring is 1. The number of nitrogens with one attached hydrogen (secondary N) is 1. The molecule has 88 valence electrons. The summed E-state index contributed by atoms with van der Waals surface area (Å²) in [6.07, 6.45) is 1.70. The number of carbonyl (C=O) groups excluding carboxylic acids is 1. The van der Waals surface area contributed by atoms with Crippen molar-refractivity contribution in [2.24, 2.45) is 5.84 Å². The van der Waals surface area contributed by atoms with E-state index in [1.807, 2.05) is 6.92 Å². The Labute approximate surface area is 93.6 Å². The number of benzene rings is 1. The molecule has 1 aromatic rings. The second-order valence-corrected chi connectivity index (χ2v) is 3.33. The molecule has 0 amide bonds. The molecule has 16 heavy (non-hydrogen) atoms. The van der Waals surface area contributed by atoms with Crippen LogP contribution in [0.15, 0.2) is 18.2 Å². The van der Waals surface area contributed by atoms with Gasteiger partial charge < -0.3 is 10.2 Å². The van der Waals surface area contributed by atoms with E-state index < -0.39 is 11.8 Å². The van der Waals surface area contributed by atoms with E-state index >= 15 is 0 Å². The number of anilines is 1. The van der Waals surface area contributed by atoms with Crippen LogP contribution in [0.4, 0.5) is 10.1 Å². The van der Waals surface area contributed by atoms with Crippen LogP contribution in [0.2, 0.25) is 0 Å². The zero-order valence-corrected chi connectivity index (χ0v) is 9.13. The lowest BCUT2D eigenvalue weighted by Crippen LogP contribution is -2.11. The van der Waals surface area contributed by atoms with Gasteiger partial charge in [0, 0.05) is 0 Å². The Morgan fingerprint density at radius 3 is 2.88 bits per heavy atom. The van der Waals surface area contributed by atoms with E-state index in [-0.39, 0.29) is 5.56 Å². The predicted molar refractivity (Wildman–Crippen MR) is 59.4 cm³/mol. The van der Waals surface area contributed by atoms with Gasteiger partial charge in [-0.1, -0.05) is 13.3 Å². The smallest absolute Gasteiger partial charge is 0.341 e. The molecule has 0 spiro atoms. The van der Waals surface area contributed by atoms with Crippen LogP contribution in [0.1, 0.15) is 30.1 Å². The minimum Gasteiger partial charge on any atom is -0.462 e. The van der Waals surface area contributed by atoms with Gasteiger partial charge in [-0.2, -0.15) is 0 Å². The molecule has 3 N–H and O–H groups in total. The van der Waals surface area contributed by atoms with Crippen LogP contribution in [-0.2, 0) is 4.74 Å². The Morgan fingerprint density at radius 1 is 1.56 bits per heavy atom. The van der Waals surface area contributed by atoms with Crippen molar-refractivity contribution < 1.29 is 13.9 Å². The van der Waals surface area contributed by atoms with E-state index in [2.05, 4.69) is 5.43 Å². The highest BCUT2D eigenvalue weighted by Gasteiger charge is 2.13. The summed E-state index contributed by atoms with van der Waals surface area (Å²) in [4.78, 5) is 11.4. The summed E-state index contributed by atoms with van der Waals surface area (Å²) >= 11 is 0. The highest BCUT2D eigenvalue weighted by molar-refractivity contribution is 5.90. The van der Waals surface area contributed by atoms with Gasteiger partial charge in [0.25, 0.3) is 0 Å². The largest absolute Gasteiger partial charge is 0.462 e. The average molecular weight is 226 g/mol. The third kappa shape index (κ3) is 3.20. The summed E-state index contributed by atoms with van der Waals surface area (Å²) < 4.78 is 18.3. The first-order chi connectivity index (χ1) is 7.69. The summed E-state index contributed by atoms with van der Waals surface area (Å²) in [6.45, 7) is 2.29. The van der Waals surface area contributed by atoms with Gasteiger partial charge in [-0.05, 0) is 24.6 Å². The minimum absolute atomic E-state index is 0.0740. The molecule has 0 atom stereocenters. The van der Waals surface area contributed by atoms with Gasteiger partial charge in [0.1, 0.15) is 5.82 Å². The van der Waals surface area contributed by atoms with Crippen molar-refractivity contribution in [2.75, 3.05) is 12.0 Å². The highest BCUT2D eigenvalue weighted by atomic mass is 19.1. The third-order valence-corrected chi connectivity index (χ3v) is 2.09. The fourth-order valence-corrected chi connectivity index (χ4v) is 1.16. The van der Waals surface area contributed by atoms with Gasteiger partial charge in [-0.15, -0.1) is 0 Å². The fourth-order valence-electron chi connectivity index (χ4n) is 1.16. The number of esters is 1. The van der Waals surface area contributed by atoms with Crippen LogP contribution in [-0.4, -0.2) is 12.6 Å². The van der Waals surface area contributed by atoms with Gasteiger partial charge >= 0.3 is 5.97 Å². The first-order valence-corrected chi connectivity index (χ1v) is 5.12. The Hall–Kier alpha value is -1.62. The molecule has 0 heterocycles. The first-order valence-electron chi connectivity index (χ1n) is 5.12. The molecular formula is C11H15FN2O2. The van der Waals surface area contributed by atoms with Gasteiger partial charge in [-0.3, -0.25) is 5.84 Å². The maximum atomic E-state index is 13.4. The van der Waals surface area contributed by atoms with Gasteiger partial charge in [-0.25, -0.2) is 9.18 Å². The highest BCUT2D eigenvalue weighted by Crippen LogP contribution is 2.14. The van der Waals surface area contributed by atoms with Gasteiger partial charge in [0.15, 0.2) is 0 Å². The van der Waals surface area contributed by atoms with Gasteiger partial charge in [0.05, 0.1) is 17.9 Å². The number of carbonyl (C=O) groups is 1. The lowest BCUT2D eigenvalue weighted by Gasteiger charge is -2.06. The summed E-state index contributed by atoms with van der Waals surface area (Å²) in [5.41, 5.74) is 2.63. The Bertz CT molecular complexity index is 369. The maximum absolute atomic E-state index is 13.4. The molecule has 0 aliphatic carbocycles. The topological polar surface area (TPSA) is 64.3 Å².